The van der Waals surface area contributed by atoms with E-state index in [1.165, 1.54) is 5.56 Å². The number of aryl methyl sites for hydroxylation is 1. The molecule has 2 rings (SSSR count). The van der Waals surface area contributed by atoms with Gasteiger partial charge in [0.25, 0.3) is 0 Å². The fraction of sp³-hybridized carbons (Fsp3) is 0.583. The molecule has 0 unspecified atom stereocenters. The van der Waals surface area contributed by atoms with Crippen LogP contribution in [0.25, 0.3) is 0 Å². The summed E-state index contributed by atoms with van der Waals surface area (Å²) in [5.41, 5.74) is 5.76. The Labute approximate surface area is 97.2 Å². The Bertz CT molecular complexity index is 314. The fourth-order valence-corrected chi connectivity index (χ4v) is 1.77. The van der Waals surface area contributed by atoms with Crippen molar-refractivity contribution in [1.29, 1.82) is 0 Å². The molecule has 16 heavy (non-hydrogen) atoms. The first-order chi connectivity index (χ1) is 7.74. The molecular weight excluding hydrogens is 200 g/mol. The van der Waals surface area contributed by atoms with Crippen LogP contribution in [0.15, 0.2) is 18.3 Å². The maximum Gasteiger partial charge on any atom is 0.0372 e. The third-order valence-corrected chi connectivity index (χ3v) is 2.98. The van der Waals surface area contributed by atoms with E-state index in [1.54, 1.807) is 0 Å². The maximum absolute atomic E-state index is 4.29. The molecule has 1 aromatic rings. The first kappa shape index (κ1) is 11.5. The molecule has 1 aromatic heterocycles. The molecule has 0 amide bonds. The molecule has 4 heteroatoms. The van der Waals surface area contributed by atoms with Gasteiger partial charge in [-0.1, -0.05) is 6.07 Å². The van der Waals surface area contributed by atoms with Crippen molar-refractivity contribution in [3.05, 3.63) is 29.6 Å². The summed E-state index contributed by atoms with van der Waals surface area (Å²) in [6.07, 6.45) is 1.94. The zero-order valence-corrected chi connectivity index (χ0v) is 10.1. The Morgan fingerprint density at radius 3 is 2.62 bits per heavy atom. The van der Waals surface area contributed by atoms with Crippen molar-refractivity contribution in [3.63, 3.8) is 0 Å². The third-order valence-electron chi connectivity index (χ3n) is 2.98. The van der Waals surface area contributed by atoms with Gasteiger partial charge < -0.3 is 4.90 Å². The predicted octanol–water partition coefficient (Wildman–Crippen LogP) is 0.642. The van der Waals surface area contributed by atoms with Crippen LogP contribution in [0.1, 0.15) is 11.3 Å². The molecular formula is C12H20N4. The Morgan fingerprint density at radius 1 is 1.25 bits per heavy atom. The van der Waals surface area contributed by atoms with Gasteiger partial charge in [0.2, 0.25) is 0 Å². The van der Waals surface area contributed by atoms with Gasteiger partial charge in [0.1, 0.15) is 0 Å². The van der Waals surface area contributed by atoms with Crippen LogP contribution in [-0.2, 0) is 6.54 Å². The summed E-state index contributed by atoms with van der Waals surface area (Å²) in [7, 11) is 2.17. The molecule has 0 aliphatic carbocycles. The molecule has 2 heterocycles. The second-order valence-electron chi connectivity index (χ2n) is 4.43. The molecule has 0 radical (unpaired) electrons. The van der Waals surface area contributed by atoms with Gasteiger partial charge in [0.05, 0.1) is 0 Å². The van der Waals surface area contributed by atoms with E-state index >= 15 is 0 Å². The summed E-state index contributed by atoms with van der Waals surface area (Å²) in [6.45, 7) is 7.35. The van der Waals surface area contributed by atoms with Gasteiger partial charge in [-0.2, -0.15) is 0 Å². The van der Waals surface area contributed by atoms with Crippen molar-refractivity contribution in [3.8, 4) is 0 Å². The van der Waals surface area contributed by atoms with Crippen molar-refractivity contribution >= 4 is 0 Å². The lowest BCUT2D eigenvalue weighted by atomic mass is 10.2. The number of hydrogen-bond donors (Lipinski definition) is 1. The summed E-state index contributed by atoms with van der Waals surface area (Å²) < 4.78 is 0. The lowest BCUT2D eigenvalue weighted by molar-refractivity contribution is 0.102. The number of aromatic nitrogens is 1. The fourth-order valence-electron chi connectivity index (χ4n) is 1.77. The molecule has 88 valence electrons. The van der Waals surface area contributed by atoms with E-state index < -0.39 is 0 Å². The first-order valence-corrected chi connectivity index (χ1v) is 5.82. The molecule has 1 saturated heterocycles. The van der Waals surface area contributed by atoms with Crippen LogP contribution >= 0.6 is 0 Å². The topological polar surface area (TPSA) is 31.4 Å². The lowest BCUT2D eigenvalue weighted by Gasteiger charge is -2.32. The minimum atomic E-state index is 0.872. The number of likely N-dealkylation sites (N-methyl/N-ethyl adjacent to an activating group) is 1. The molecule has 4 nitrogen and oxygen atoms in total. The molecule has 1 aliphatic heterocycles. The zero-order valence-electron chi connectivity index (χ0n) is 10.1. The van der Waals surface area contributed by atoms with Crippen LogP contribution in [-0.4, -0.2) is 48.1 Å². The highest BCUT2D eigenvalue weighted by atomic mass is 15.5. The summed E-state index contributed by atoms with van der Waals surface area (Å²) in [5, 5.41) is 2.29. The van der Waals surface area contributed by atoms with Gasteiger partial charge in [0, 0.05) is 44.6 Å². The number of nitrogens with zero attached hydrogens (tertiary/aromatic N) is 3. The van der Waals surface area contributed by atoms with Crippen LogP contribution in [0.3, 0.4) is 0 Å². The molecule has 0 saturated carbocycles. The molecule has 0 spiro atoms. The highest BCUT2D eigenvalue weighted by Gasteiger charge is 2.12. The minimum Gasteiger partial charge on any atom is -0.304 e. The summed E-state index contributed by atoms with van der Waals surface area (Å²) in [6, 6.07) is 4.19. The SMILES string of the molecule is Cc1ccc(CNN2CCN(C)CC2)cn1. The monoisotopic (exact) mass is 220 g/mol. The van der Waals surface area contributed by atoms with Gasteiger partial charge in [-0.05, 0) is 25.6 Å². The summed E-state index contributed by atoms with van der Waals surface area (Å²) >= 11 is 0. The van der Waals surface area contributed by atoms with Crippen molar-refractivity contribution in [2.45, 2.75) is 13.5 Å². The van der Waals surface area contributed by atoms with E-state index in [2.05, 4.69) is 39.5 Å². The zero-order chi connectivity index (χ0) is 11.4. The number of rotatable bonds is 3. The molecule has 0 aromatic carbocycles. The lowest BCUT2D eigenvalue weighted by Crippen LogP contribution is -2.50. The van der Waals surface area contributed by atoms with E-state index in [1.807, 2.05) is 13.1 Å². The van der Waals surface area contributed by atoms with Gasteiger partial charge in [0.15, 0.2) is 0 Å². The highest BCUT2D eigenvalue weighted by molar-refractivity contribution is 5.12. The molecule has 1 fully saturated rings. The minimum absolute atomic E-state index is 0.872. The Balaban J connectivity index is 1.77. The quantitative estimate of drug-likeness (QED) is 0.810. The third kappa shape index (κ3) is 3.27. The van der Waals surface area contributed by atoms with Gasteiger partial charge in [-0.3, -0.25) is 10.4 Å². The molecule has 0 bridgehead atoms. The smallest absolute Gasteiger partial charge is 0.0372 e. The van der Waals surface area contributed by atoms with E-state index in [9.17, 15) is 0 Å². The van der Waals surface area contributed by atoms with Crippen molar-refractivity contribution in [2.24, 2.45) is 0 Å². The van der Waals surface area contributed by atoms with Crippen LogP contribution in [0.5, 0.6) is 0 Å². The normalized spacial score (nSPS) is 18.9. The maximum atomic E-state index is 4.29. The summed E-state index contributed by atoms with van der Waals surface area (Å²) in [5.74, 6) is 0. The van der Waals surface area contributed by atoms with Gasteiger partial charge in [-0.25, -0.2) is 5.01 Å². The van der Waals surface area contributed by atoms with Crippen molar-refractivity contribution in [1.82, 2.24) is 20.3 Å². The van der Waals surface area contributed by atoms with Crippen molar-refractivity contribution < 1.29 is 0 Å². The summed E-state index contributed by atoms with van der Waals surface area (Å²) in [4.78, 5) is 6.64. The Morgan fingerprint density at radius 2 is 2.00 bits per heavy atom. The van der Waals surface area contributed by atoms with Gasteiger partial charge in [-0.15, -0.1) is 0 Å². The number of hydrogen-bond acceptors (Lipinski definition) is 4. The van der Waals surface area contributed by atoms with Crippen LogP contribution in [0.2, 0.25) is 0 Å². The first-order valence-electron chi connectivity index (χ1n) is 5.82. The number of pyridine rings is 1. The second-order valence-corrected chi connectivity index (χ2v) is 4.43. The number of piperazine rings is 1. The average molecular weight is 220 g/mol. The van der Waals surface area contributed by atoms with Crippen LogP contribution < -0.4 is 5.43 Å². The largest absolute Gasteiger partial charge is 0.304 e. The van der Waals surface area contributed by atoms with Crippen LogP contribution in [0.4, 0.5) is 0 Å². The standard InChI is InChI=1S/C12H20N4/c1-11-3-4-12(9-13-11)10-14-16-7-5-15(2)6-8-16/h3-4,9,14H,5-8,10H2,1-2H3. The van der Waals surface area contributed by atoms with E-state index in [4.69, 9.17) is 0 Å². The highest BCUT2D eigenvalue weighted by Crippen LogP contribution is 2.01. The molecule has 0 atom stereocenters. The number of nitrogens with one attached hydrogen (secondary N) is 1. The van der Waals surface area contributed by atoms with Crippen molar-refractivity contribution in [2.75, 3.05) is 33.2 Å². The second kappa shape index (κ2) is 5.39. The van der Waals surface area contributed by atoms with E-state index in [0.717, 1.165) is 38.4 Å². The Hall–Kier alpha value is -0.970. The predicted molar refractivity (Wildman–Crippen MR) is 64.9 cm³/mol. The van der Waals surface area contributed by atoms with Crippen LogP contribution in [0, 0.1) is 6.92 Å². The molecule has 1 N–H and O–H groups in total. The van der Waals surface area contributed by atoms with Gasteiger partial charge >= 0.3 is 0 Å². The number of hydrazine groups is 1. The van der Waals surface area contributed by atoms with E-state index in [0.29, 0.717) is 0 Å². The average Bonchev–Trinajstić information content (AvgIpc) is 2.30. The van der Waals surface area contributed by atoms with E-state index in [-0.39, 0.29) is 0 Å². The molecule has 1 aliphatic rings. The Kier molecular flexibility index (Phi) is 3.88.